The lowest BCUT2D eigenvalue weighted by Crippen LogP contribution is -2.27. The van der Waals surface area contributed by atoms with Gasteiger partial charge in [0.15, 0.2) is 0 Å². The Kier molecular flexibility index (Phi) is 4.98. The van der Waals surface area contributed by atoms with E-state index < -0.39 is 0 Å². The fraction of sp³-hybridized carbons (Fsp3) is 0.375. The Labute approximate surface area is 125 Å². The quantitative estimate of drug-likeness (QED) is 0.371. The molecule has 0 aliphatic carbocycles. The SMILES string of the molecule is CCc1cc(CC)n(CC(/C(N)=N/O)c2ccccc2)n1. The second kappa shape index (κ2) is 6.92. The molecule has 112 valence electrons. The van der Waals surface area contributed by atoms with Gasteiger partial charge in [0.2, 0.25) is 0 Å². The van der Waals surface area contributed by atoms with Crippen LogP contribution in [-0.4, -0.2) is 20.8 Å². The zero-order valence-corrected chi connectivity index (χ0v) is 12.5. The first-order valence-electron chi connectivity index (χ1n) is 7.27. The Balaban J connectivity index is 2.34. The number of aromatic nitrogens is 2. The first kappa shape index (κ1) is 15.1. The number of hydrogen-bond donors (Lipinski definition) is 2. The summed E-state index contributed by atoms with van der Waals surface area (Å²) in [5.74, 6) is 0.0166. The first-order valence-corrected chi connectivity index (χ1v) is 7.27. The normalized spacial score (nSPS) is 13.3. The highest BCUT2D eigenvalue weighted by Crippen LogP contribution is 2.20. The molecule has 1 unspecified atom stereocenters. The molecule has 2 rings (SSSR count). The summed E-state index contributed by atoms with van der Waals surface area (Å²) in [4.78, 5) is 0. The van der Waals surface area contributed by atoms with Crippen LogP contribution in [-0.2, 0) is 19.4 Å². The van der Waals surface area contributed by atoms with Crippen LogP contribution in [0.5, 0.6) is 0 Å². The van der Waals surface area contributed by atoms with Gasteiger partial charge in [-0.25, -0.2) is 0 Å². The average Bonchev–Trinajstić information content (AvgIpc) is 2.95. The summed E-state index contributed by atoms with van der Waals surface area (Å²) in [7, 11) is 0. The van der Waals surface area contributed by atoms with Crippen molar-refractivity contribution in [3.63, 3.8) is 0 Å². The van der Waals surface area contributed by atoms with Crippen molar-refractivity contribution in [3.05, 3.63) is 53.3 Å². The number of rotatable bonds is 6. The summed E-state index contributed by atoms with van der Waals surface area (Å²) < 4.78 is 1.97. The number of amidine groups is 1. The third kappa shape index (κ3) is 3.42. The second-order valence-corrected chi connectivity index (χ2v) is 5.00. The van der Waals surface area contributed by atoms with Gasteiger partial charge in [0.05, 0.1) is 18.2 Å². The highest BCUT2D eigenvalue weighted by atomic mass is 16.4. The fourth-order valence-electron chi connectivity index (χ4n) is 2.43. The fourth-order valence-corrected chi connectivity index (χ4v) is 2.43. The third-order valence-electron chi connectivity index (χ3n) is 3.67. The monoisotopic (exact) mass is 286 g/mol. The lowest BCUT2D eigenvalue weighted by atomic mass is 9.98. The lowest BCUT2D eigenvalue weighted by Gasteiger charge is -2.17. The largest absolute Gasteiger partial charge is 0.409 e. The second-order valence-electron chi connectivity index (χ2n) is 5.00. The van der Waals surface area contributed by atoms with Crippen LogP contribution in [0.1, 0.15) is 36.7 Å². The molecule has 0 radical (unpaired) electrons. The lowest BCUT2D eigenvalue weighted by molar-refractivity contribution is 0.314. The molecule has 0 bridgehead atoms. The summed E-state index contributed by atoms with van der Waals surface area (Å²) in [6.45, 7) is 4.77. The van der Waals surface area contributed by atoms with Crippen LogP contribution in [0.15, 0.2) is 41.6 Å². The van der Waals surface area contributed by atoms with Crippen LogP contribution >= 0.6 is 0 Å². The van der Waals surface area contributed by atoms with Crippen LogP contribution in [0, 0.1) is 0 Å². The number of nitrogens with zero attached hydrogens (tertiary/aromatic N) is 3. The summed E-state index contributed by atoms with van der Waals surface area (Å²) >= 11 is 0. The molecule has 21 heavy (non-hydrogen) atoms. The maximum atomic E-state index is 9.06. The molecule has 3 N–H and O–H groups in total. The summed E-state index contributed by atoms with van der Waals surface area (Å²) in [5, 5.41) is 16.9. The van der Waals surface area contributed by atoms with Crippen LogP contribution in [0.4, 0.5) is 0 Å². The highest BCUT2D eigenvalue weighted by molar-refractivity contribution is 5.86. The molecular formula is C16H22N4O. The van der Waals surface area contributed by atoms with Crippen LogP contribution in [0.2, 0.25) is 0 Å². The van der Waals surface area contributed by atoms with Crippen LogP contribution in [0.3, 0.4) is 0 Å². The Bertz CT molecular complexity index is 604. The molecule has 0 spiro atoms. The van der Waals surface area contributed by atoms with Crippen molar-refractivity contribution in [2.45, 2.75) is 39.2 Å². The predicted octanol–water partition coefficient (Wildman–Crippen LogP) is 2.54. The van der Waals surface area contributed by atoms with E-state index in [0.29, 0.717) is 6.54 Å². The van der Waals surface area contributed by atoms with Gasteiger partial charge in [-0.2, -0.15) is 5.10 Å². The molecular weight excluding hydrogens is 264 g/mol. The van der Waals surface area contributed by atoms with E-state index >= 15 is 0 Å². The van der Waals surface area contributed by atoms with Gasteiger partial charge in [-0.1, -0.05) is 49.3 Å². The van der Waals surface area contributed by atoms with Gasteiger partial charge in [-0.15, -0.1) is 0 Å². The van der Waals surface area contributed by atoms with Crippen molar-refractivity contribution in [2.24, 2.45) is 10.9 Å². The first-order chi connectivity index (χ1) is 10.2. The third-order valence-corrected chi connectivity index (χ3v) is 3.67. The summed E-state index contributed by atoms with van der Waals surface area (Å²) in [5.41, 5.74) is 9.14. The molecule has 2 aromatic rings. The van der Waals surface area contributed by atoms with Crippen molar-refractivity contribution >= 4 is 5.84 Å². The van der Waals surface area contributed by atoms with Gasteiger partial charge in [-0.05, 0) is 24.5 Å². The Hall–Kier alpha value is -2.30. The predicted molar refractivity (Wildman–Crippen MR) is 83.6 cm³/mol. The molecule has 0 saturated heterocycles. The van der Waals surface area contributed by atoms with Gasteiger partial charge in [0, 0.05) is 5.69 Å². The molecule has 0 saturated carbocycles. The van der Waals surface area contributed by atoms with E-state index in [2.05, 4.69) is 30.2 Å². The van der Waals surface area contributed by atoms with E-state index in [4.69, 9.17) is 10.9 Å². The number of oxime groups is 1. The van der Waals surface area contributed by atoms with Gasteiger partial charge in [0.1, 0.15) is 5.84 Å². The van der Waals surface area contributed by atoms with Crippen molar-refractivity contribution in [3.8, 4) is 0 Å². The van der Waals surface area contributed by atoms with E-state index in [9.17, 15) is 0 Å². The minimum absolute atomic E-state index is 0.189. The van der Waals surface area contributed by atoms with Crippen molar-refractivity contribution < 1.29 is 5.21 Å². The average molecular weight is 286 g/mol. The molecule has 1 aromatic carbocycles. The van der Waals surface area contributed by atoms with E-state index in [1.165, 1.54) is 5.69 Å². The smallest absolute Gasteiger partial charge is 0.148 e. The molecule has 1 aromatic heterocycles. The van der Waals surface area contributed by atoms with Crippen molar-refractivity contribution in [1.82, 2.24) is 9.78 Å². The molecule has 0 aliphatic heterocycles. The molecule has 0 aliphatic rings. The Morgan fingerprint density at radius 2 is 2.00 bits per heavy atom. The van der Waals surface area contributed by atoms with Gasteiger partial charge in [0.25, 0.3) is 0 Å². The Morgan fingerprint density at radius 1 is 1.29 bits per heavy atom. The van der Waals surface area contributed by atoms with Crippen LogP contribution < -0.4 is 5.73 Å². The maximum absolute atomic E-state index is 9.06. The van der Waals surface area contributed by atoms with E-state index in [1.807, 2.05) is 35.0 Å². The van der Waals surface area contributed by atoms with Crippen LogP contribution in [0.25, 0.3) is 0 Å². The molecule has 0 fully saturated rings. The topological polar surface area (TPSA) is 76.4 Å². The molecule has 5 heteroatoms. The number of hydrogen-bond acceptors (Lipinski definition) is 3. The van der Waals surface area contributed by atoms with Gasteiger partial charge in [-0.3, -0.25) is 4.68 Å². The standard InChI is InChI=1S/C16H22N4O/c1-3-13-10-14(4-2)20(18-13)11-15(16(17)19-21)12-8-6-5-7-9-12/h5-10,15,21H,3-4,11H2,1-2H3,(H2,17,19). The van der Waals surface area contributed by atoms with Crippen molar-refractivity contribution in [2.75, 3.05) is 0 Å². The van der Waals surface area contributed by atoms with Gasteiger partial charge >= 0.3 is 0 Å². The molecule has 0 amide bonds. The summed E-state index contributed by atoms with van der Waals surface area (Å²) in [6.07, 6.45) is 1.81. The number of aryl methyl sites for hydroxylation is 2. The summed E-state index contributed by atoms with van der Waals surface area (Å²) in [6, 6.07) is 11.9. The van der Waals surface area contributed by atoms with Gasteiger partial charge < -0.3 is 10.9 Å². The number of benzene rings is 1. The molecule has 1 atom stereocenters. The molecule has 5 nitrogen and oxygen atoms in total. The van der Waals surface area contributed by atoms with E-state index in [1.54, 1.807) is 0 Å². The zero-order valence-electron chi connectivity index (χ0n) is 12.5. The van der Waals surface area contributed by atoms with E-state index in [-0.39, 0.29) is 11.8 Å². The minimum Gasteiger partial charge on any atom is -0.409 e. The molecule has 1 heterocycles. The minimum atomic E-state index is -0.189. The highest BCUT2D eigenvalue weighted by Gasteiger charge is 2.19. The maximum Gasteiger partial charge on any atom is 0.148 e. The zero-order chi connectivity index (χ0) is 15.2. The van der Waals surface area contributed by atoms with E-state index in [0.717, 1.165) is 24.1 Å². The van der Waals surface area contributed by atoms with Crippen molar-refractivity contribution in [1.29, 1.82) is 0 Å². The number of nitrogens with two attached hydrogens (primary N) is 1. The Morgan fingerprint density at radius 3 is 2.57 bits per heavy atom.